The van der Waals surface area contributed by atoms with Gasteiger partial charge in [0.25, 0.3) is 0 Å². The zero-order valence-electron chi connectivity index (χ0n) is 19.3. The zero-order valence-corrected chi connectivity index (χ0v) is 19.3. The number of benzene rings is 1. The Morgan fingerprint density at radius 2 is 1.97 bits per heavy atom. The van der Waals surface area contributed by atoms with Crippen molar-refractivity contribution in [2.45, 2.75) is 44.6 Å². The number of carbonyl (C=O) groups excluding carboxylic acids is 1. The first-order valence-electron chi connectivity index (χ1n) is 11.0. The molecule has 1 amide bonds. The van der Waals surface area contributed by atoms with E-state index < -0.39 is 0 Å². The highest BCUT2D eigenvalue weighted by Crippen LogP contribution is 2.21. The molecule has 7 heteroatoms. The summed E-state index contributed by atoms with van der Waals surface area (Å²) in [5.41, 5.74) is 1.31. The smallest absolute Gasteiger partial charge is 0.239 e. The summed E-state index contributed by atoms with van der Waals surface area (Å²) in [4.78, 5) is 20.6. The van der Waals surface area contributed by atoms with Crippen LogP contribution in [0.25, 0.3) is 0 Å². The molecular formula is C23H39N5O2. The molecule has 2 N–H and O–H groups in total. The second-order valence-corrected chi connectivity index (χ2v) is 8.17. The summed E-state index contributed by atoms with van der Waals surface area (Å²) in [5.74, 6) is 2.41. The Balaban J connectivity index is 1.65. The lowest BCUT2D eigenvalue weighted by Gasteiger charge is -2.26. The Morgan fingerprint density at radius 1 is 1.27 bits per heavy atom. The van der Waals surface area contributed by atoms with Crippen LogP contribution in [-0.4, -0.2) is 82.1 Å². The Kier molecular flexibility index (Phi) is 9.94. The van der Waals surface area contributed by atoms with E-state index >= 15 is 0 Å². The van der Waals surface area contributed by atoms with Gasteiger partial charge in [0.1, 0.15) is 5.75 Å². The lowest BCUT2D eigenvalue weighted by Crippen LogP contribution is -2.44. The molecule has 30 heavy (non-hydrogen) atoms. The second kappa shape index (κ2) is 12.4. The number of likely N-dealkylation sites (N-methyl/N-ethyl adjacent to an activating group) is 1. The summed E-state index contributed by atoms with van der Waals surface area (Å²) >= 11 is 0. The molecule has 1 heterocycles. The van der Waals surface area contributed by atoms with Crippen molar-refractivity contribution < 1.29 is 9.53 Å². The van der Waals surface area contributed by atoms with Gasteiger partial charge in [-0.25, -0.2) is 0 Å². The molecule has 0 bridgehead atoms. The van der Waals surface area contributed by atoms with Gasteiger partial charge in [-0.15, -0.1) is 0 Å². The lowest BCUT2D eigenvalue weighted by atomic mass is 9.98. The summed E-state index contributed by atoms with van der Waals surface area (Å²) in [5, 5.41) is 6.79. The van der Waals surface area contributed by atoms with E-state index in [4.69, 9.17) is 4.74 Å². The molecule has 1 aromatic carbocycles. The minimum Gasteiger partial charge on any atom is -0.497 e. The molecule has 7 nitrogen and oxygen atoms in total. The summed E-state index contributed by atoms with van der Waals surface area (Å²) in [6, 6.07) is 8.33. The van der Waals surface area contributed by atoms with Gasteiger partial charge in [0.15, 0.2) is 5.96 Å². The number of nitrogens with zero attached hydrogens (tertiary/aromatic N) is 3. The molecule has 168 valence electrons. The van der Waals surface area contributed by atoms with Crippen LogP contribution in [0.4, 0.5) is 0 Å². The first-order valence-corrected chi connectivity index (χ1v) is 11.0. The quantitative estimate of drug-likeness (QED) is 0.347. The number of aliphatic imine (C=N–C) groups is 1. The highest BCUT2D eigenvalue weighted by Gasteiger charge is 2.30. The molecule has 0 aliphatic carbocycles. The summed E-state index contributed by atoms with van der Waals surface area (Å²) in [6.45, 7) is 5.88. The monoisotopic (exact) mass is 417 g/mol. The molecule has 2 atom stereocenters. The highest BCUT2D eigenvalue weighted by atomic mass is 16.5. The molecule has 1 aromatic rings. The first kappa shape index (κ1) is 24.0. The topological polar surface area (TPSA) is 69.2 Å². The average molecular weight is 418 g/mol. The van der Waals surface area contributed by atoms with E-state index in [-0.39, 0.29) is 11.9 Å². The average Bonchev–Trinajstić information content (AvgIpc) is 3.23. The summed E-state index contributed by atoms with van der Waals surface area (Å²) in [7, 11) is 7.17. The van der Waals surface area contributed by atoms with E-state index in [2.05, 4.69) is 39.6 Å². The van der Waals surface area contributed by atoms with Crippen molar-refractivity contribution in [1.82, 2.24) is 20.4 Å². The summed E-state index contributed by atoms with van der Waals surface area (Å²) < 4.78 is 5.23. The fourth-order valence-electron chi connectivity index (χ4n) is 3.89. The molecular weight excluding hydrogens is 378 g/mol. The van der Waals surface area contributed by atoms with Gasteiger partial charge in [-0.2, -0.15) is 0 Å². The van der Waals surface area contributed by atoms with Gasteiger partial charge in [0.2, 0.25) is 5.91 Å². The van der Waals surface area contributed by atoms with Gasteiger partial charge in [0, 0.05) is 40.8 Å². The Morgan fingerprint density at radius 3 is 2.60 bits per heavy atom. The largest absolute Gasteiger partial charge is 0.497 e. The maximum atomic E-state index is 12.3. The standard InChI is InChI=1S/C23H39N5O2/c1-18(19-9-11-20(30-5)12-10-19)13-15-26-23(24-2)25-14-7-17-28-16-6-8-21(28)22(29)27(3)4/h9-12,18,21H,6-8,13-17H2,1-5H3,(H2,24,25,26). The number of ether oxygens (including phenoxy) is 1. The van der Waals surface area contributed by atoms with Crippen molar-refractivity contribution in [3.63, 3.8) is 0 Å². The van der Waals surface area contributed by atoms with Crippen LogP contribution in [0.1, 0.15) is 44.1 Å². The third kappa shape index (κ3) is 7.20. The third-order valence-corrected chi connectivity index (χ3v) is 5.78. The predicted octanol–water partition coefficient (Wildman–Crippen LogP) is 2.30. The van der Waals surface area contributed by atoms with Crippen molar-refractivity contribution in [3.05, 3.63) is 29.8 Å². The number of nitrogens with one attached hydrogen (secondary N) is 2. The normalized spacial score (nSPS) is 18.2. The molecule has 1 fully saturated rings. The van der Waals surface area contributed by atoms with Crippen LogP contribution in [0.3, 0.4) is 0 Å². The number of rotatable bonds is 10. The lowest BCUT2D eigenvalue weighted by molar-refractivity contribution is -0.133. The number of methoxy groups -OCH3 is 1. The first-order chi connectivity index (χ1) is 14.5. The molecule has 0 aromatic heterocycles. The van der Waals surface area contributed by atoms with Gasteiger partial charge < -0.3 is 20.3 Å². The number of carbonyl (C=O) groups is 1. The van der Waals surface area contributed by atoms with Crippen LogP contribution < -0.4 is 15.4 Å². The van der Waals surface area contributed by atoms with Crippen LogP contribution in [0.15, 0.2) is 29.3 Å². The second-order valence-electron chi connectivity index (χ2n) is 8.17. The molecule has 0 radical (unpaired) electrons. The van der Waals surface area contributed by atoms with Gasteiger partial charge in [-0.05, 0) is 55.8 Å². The molecule has 0 spiro atoms. The Labute approximate surface area is 181 Å². The third-order valence-electron chi connectivity index (χ3n) is 5.78. The number of amides is 1. The van der Waals surface area contributed by atoms with E-state index in [0.717, 1.165) is 63.6 Å². The van der Waals surface area contributed by atoms with Crippen LogP contribution in [0, 0.1) is 0 Å². The number of likely N-dealkylation sites (tertiary alicyclic amines) is 1. The number of hydrogen-bond acceptors (Lipinski definition) is 4. The molecule has 1 saturated heterocycles. The van der Waals surface area contributed by atoms with Crippen molar-refractivity contribution in [3.8, 4) is 5.75 Å². The maximum absolute atomic E-state index is 12.3. The minimum atomic E-state index is 0.0527. The minimum absolute atomic E-state index is 0.0527. The zero-order chi connectivity index (χ0) is 21.9. The van der Waals surface area contributed by atoms with E-state index in [1.807, 2.05) is 26.2 Å². The van der Waals surface area contributed by atoms with Crippen molar-refractivity contribution in [2.24, 2.45) is 4.99 Å². The van der Waals surface area contributed by atoms with Crippen molar-refractivity contribution in [1.29, 1.82) is 0 Å². The fraction of sp³-hybridized carbons (Fsp3) is 0.652. The van der Waals surface area contributed by atoms with E-state index in [0.29, 0.717) is 5.92 Å². The van der Waals surface area contributed by atoms with Gasteiger partial charge in [0.05, 0.1) is 13.2 Å². The maximum Gasteiger partial charge on any atom is 0.239 e. The van der Waals surface area contributed by atoms with E-state index in [9.17, 15) is 4.79 Å². The van der Waals surface area contributed by atoms with Crippen molar-refractivity contribution in [2.75, 3.05) is 54.4 Å². The van der Waals surface area contributed by atoms with Crippen LogP contribution >= 0.6 is 0 Å². The summed E-state index contributed by atoms with van der Waals surface area (Å²) in [6.07, 6.45) is 4.09. The van der Waals surface area contributed by atoms with E-state index in [1.165, 1.54) is 5.56 Å². The van der Waals surface area contributed by atoms with Crippen LogP contribution in [0.5, 0.6) is 5.75 Å². The number of guanidine groups is 1. The molecule has 1 aliphatic rings. The highest BCUT2D eigenvalue weighted by molar-refractivity contribution is 5.81. The molecule has 1 aliphatic heterocycles. The Bertz CT molecular complexity index is 675. The number of hydrogen-bond donors (Lipinski definition) is 2. The van der Waals surface area contributed by atoms with E-state index in [1.54, 1.807) is 19.1 Å². The van der Waals surface area contributed by atoms with Gasteiger partial charge in [-0.3, -0.25) is 14.7 Å². The SMILES string of the molecule is CN=C(NCCCN1CCCC1C(=O)N(C)C)NCCC(C)c1ccc(OC)cc1. The van der Waals surface area contributed by atoms with Gasteiger partial charge >= 0.3 is 0 Å². The molecule has 2 rings (SSSR count). The van der Waals surface area contributed by atoms with Crippen LogP contribution in [-0.2, 0) is 4.79 Å². The fourth-order valence-corrected chi connectivity index (χ4v) is 3.89. The van der Waals surface area contributed by atoms with Crippen LogP contribution in [0.2, 0.25) is 0 Å². The molecule has 2 unspecified atom stereocenters. The van der Waals surface area contributed by atoms with Crippen molar-refractivity contribution >= 4 is 11.9 Å². The predicted molar refractivity (Wildman–Crippen MR) is 123 cm³/mol. The molecule has 0 saturated carbocycles. The Hall–Kier alpha value is -2.28. The van der Waals surface area contributed by atoms with Gasteiger partial charge in [-0.1, -0.05) is 19.1 Å².